The molecule has 2 nitrogen and oxygen atoms in total. The molecular formula is C15H13Cl2NOS. The highest BCUT2D eigenvalue weighted by atomic mass is 35.5. The van der Waals surface area contributed by atoms with E-state index in [1.165, 1.54) is 11.8 Å². The number of halogens is 2. The number of hydrogen-bond acceptors (Lipinski definition) is 3. The van der Waals surface area contributed by atoms with Gasteiger partial charge in [-0.3, -0.25) is 4.79 Å². The largest absolute Gasteiger partial charge is 0.293 e. The number of Topliss-reactive ketones (excluding diaryl/α,β-unsaturated/α-hetero) is 1. The number of carbonyl (C=O) groups excluding carboxylic acids is 1. The van der Waals surface area contributed by atoms with E-state index in [-0.39, 0.29) is 5.78 Å². The summed E-state index contributed by atoms with van der Waals surface area (Å²) in [5.74, 6) is 0.336. The minimum atomic E-state index is 0.00882. The number of aromatic nitrogens is 1. The third-order valence-electron chi connectivity index (χ3n) is 2.67. The molecule has 0 unspecified atom stereocenters. The molecule has 0 aliphatic rings. The number of carbonyl (C=O) groups is 1. The van der Waals surface area contributed by atoms with Crippen LogP contribution in [0.5, 0.6) is 0 Å². The number of ketones is 1. The fourth-order valence-corrected chi connectivity index (χ4v) is 2.99. The molecule has 0 aliphatic carbocycles. The molecule has 104 valence electrons. The van der Waals surface area contributed by atoms with Gasteiger partial charge < -0.3 is 0 Å². The van der Waals surface area contributed by atoms with Crippen LogP contribution in [-0.2, 0) is 0 Å². The molecule has 0 bridgehead atoms. The van der Waals surface area contributed by atoms with Crippen LogP contribution in [-0.4, -0.2) is 16.5 Å². The lowest BCUT2D eigenvalue weighted by Gasteiger charge is -2.04. The van der Waals surface area contributed by atoms with Gasteiger partial charge in [-0.05, 0) is 49.7 Å². The number of hydrogen-bond donors (Lipinski definition) is 0. The number of aryl methyl sites for hydroxylation is 2. The first-order chi connectivity index (χ1) is 9.45. The second-order valence-electron chi connectivity index (χ2n) is 4.46. The Hall–Kier alpha value is -1.03. The standard InChI is InChI=1S/C15H13Cl2NOS/c1-9-5-10(2)18-15(6-9)20-8-14(19)11-3-4-12(16)13(17)7-11/h3-7H,8H2,1-2H3. The predicted molar refractivity (Wildman–Crippen MR) is 85.2 cm³/mol. The quantitative estimate of drug-likeness (QED) is 0.586. The van der Waals surface area contributed by atoms with Crippen molar-refractivity contribution in [3.05, 3.63) is 57.2 Å². The van der Waals surface area contributed by atoms with Crippen LogP contribution < -0.4 is 0 Å². The summed E-state index contributed by atoms with van der Waals surface area (Å²) in [5.41, 5.74) is 2.66. The molecular weight excluding hydrogens is 313 g/mol. The molecule has 5 heteroatoms. The van der Waals surface area contributed by atoms with E-state index in [1.807, 2.05) is 26.0 Å². The molecule has 0 spiro atoms. The predicted octanol–water partition coefficient (Wildman–Crippen LogP) is 4.98. The first-order valence-corrected chi connectivity index (χ1v) is 7.76. The minimum absolute atomic E-state index is 0.00882. The number of thioether (sulfide) groups is 1. The summed E-state index contributed by atoms with van der Waals surface area (Å²) >= 11 is 13.2. The first kappa shape index (κ1) is 15.4. The van der Waals surface area contributed by atoms with Gasteiger partial charge in [-0.2, -0.15) is 0 Å². The molecule has 0 N–H and O–H groups in total. The summed E-state index contributed by atoms with van der Waals surface area (Å²) in [6.45, 7) is 3.96. The highest BCUT2D eigenvalue weighted by Gasteiger charge is 2.09. The number of pyridine rings is 1. The minimum Gasteiger partial charge on any atom is -0.293 e. The van der Waals surface area contributed by atoms with E-state index in [2.05, 4.69) is 4.98 Å². The average Bonchev–Trinajstić information content (AvgIpc) is 2.38. The Morgan fingerprint density at radius 3 is 2.55 bits per heavy atom. The Kier molecular flexibility index (Phi) is 5.08. The molecule has 1 aromatic carbocycles. The summed E-state index contributed by atoms with van der Waals surface area (Å²) in [4.78, 5) is 16.5. The number of benzene rings is 1. The fourth-order valence-electron chi connectivity index (χ4n) is 1.77. The van der Waals surface area contributed by atoms with Crippen LogP contribution in [0.2, 0.25) is 10.0 Å². The highest BCUT2D eigenvalue weighted by molar-refractivity contribution is 7.99. The molecule has 1 aromatic heterocycles. The van der Waals surface area contributed by atoms with Gasteiger partial charge in [0, 0.05) is 11.3 Å². The van der Waals surface area contributed by atoms with Crippen LogP contribution in [0.15, 0.2) is 35.4 Å². The van der Waals surface area contributed by atoms with Crippen molar-refractivity contribution in [2.24, 2.45) is 0 Å². The van der Waals surface area contributed by atoms with Crippen LogP contribution in [0, 0.1) is 13.8 Å². The van der Waals surface area contributed by atoms with Crippen molar-refractivity contribution < 1.29 is 4.79 Å². The normalized spacial score (nSPS) is 10.6. The van der Waals surface area contributed by atoms with Crippen molar-refractivity contribution in [1.82, 2.24) is 4.98 Å². The molecule has 0 radical (unpaired) electrons. The molecule has 1 heterocycles. The zero-order valence-electron chi connectivity index (χ0n) is 11.1. The summed E-state index contributed by atoms with van der Waals surface area (Å²) in [7, 11) is 0. The molecule has 0 amide bonds. The van der Waals surface area contributed by atoms with E-state index < -0.39 is 0 Å². The van der Waals surface area contributed by atoms with E-state index >= 15 is 0 Å². The van der Waals surface area contributed by atoms with E-state index in [1.54, 1.807) is 18.2 Å². The van der Waals surface area contributed by atoms with Crippen molar-refractivity contribution in [3.8, 4) is 0 Å². The Labute approximate surface area is 132 Å². The molecule has 0 saturated heterocycles. The Bertz CT molecular complexity index is 638. The molecule has 0 aliphatic heterocycles. The van der Waals surface area contributed by atoms with Gasteiger partial charge in [-0.25, -0.2) is 4.98 Å². The number of nitrogens with zero attached hydrogens (tertiary/aromatic N) is 1. The van der Waals surface area contributed by atoms with Gasteiger partial charge >= 0.3 is 0 Å². The maximum atomic E-state index is 12.1. The van der Waals surface area contributed by atoms with Crippen LogP contribution in [0.4, 0.5) is 0 Å². The van der Waals surface area contributed by atoms with Crippen molar-refractivity contribution in [3.63, 3.8) is 0 Å². The van der Waals surface area contributed by atoms with Gasteiger partial charge in [-0.15, -0.1) is 0 Å². The van der Waals surface area contributed by atoms with E-state index in [9.17, 15) is 4.79 Å². The number of rotatable bonds is 4. The van der Waals surface area contributed by atoms with Gasteiger partial charge in [-0.1, -0.05) is 35.0 Å². The Morgan fingerprint density at radius 1 is 1.15 bits per heavy atom. The molecule has 0 atom stereocenters. The van der Waals surface area contributed by atoms with Gasteiger partial charge in [0.2, 0.25) is 0 Å². The summed E-state index contributed by atoms with van der Waals surface area (Å²) in [6, 6.07) is 8.90. The van der Waals surface area contributed by atoms with Crippen LogP contribution in [0.1, 0.15) is 21.6 Å². The van der Waals surface area contributed by atoms with E-state index in [4.69, 9.17) is 23.2 Å². The van der Waals surface area contributed by atoms with Crippen molar-refractivity contribution in [1.29, 1.82) is 0 Å². The van der Waals surface area contributed by atoms with E-state index in [0.29, 0.717) is 21.4 Å². The van der Waals surface area contributed by atoms with Crippen LogP contribution in [0.25, 0.3) is 0 Å². The smallest absolute Gasteiger partial charge is 0.173 e. The van der Waals surface area contributed by atoms with Crippen molar-refractivity contribution >= 4 is 40.7 Å². The van der Waals surface area contributed by atoms with Gasteiger partial charge in [0.15, 0.2) is 5.78 Å². The zero-order chi connectivity index (χ0) is 14.7. The summed E-state index contributed by atoms with van der Waals surface area (Å²) in [5, 5.41) is 1.70. The maximum absolute atomic E-state index is 12.1. The topological polar surface area (TPSA) is 30.0 Å². The Balaban J connectivity index is 2.06. The first-order valence-electron chi connectivity index (χ1n) is 6.02. The van der Waals surface area contributed by atoms with Gasteiger partial charge in [0.05, 0.1) is 20.8 Å². The highest BCUT2D eigenvalue weighted by Crippen LogP contribution is 2.24. The monoisotopic (exact) mass is 325 g/mol. The molecule has 2 rings (SSSR count). The molecule has 20 heavy (non-hydrogen) atoms. The third-order valence-corrected chi connectivity index (χ3v) is 4.32. The maximum Gasteiger partial charge on any atom is 0.173 e. The summed E-state index contributed by atoms with van der Waals surface area (Å²) in [6.07, 6.45) is 0. The molecule has 0 saturated carbocycles. The van der Waals surface area contributed by atoms with Gasteiger partial charge in [0.1, 0.15) is 0 Å². The lowest BCUT2D eigenvalue weighted by atomic mass is 10.1. The lowest BCUT2D eigenvalue weighted by molar-refractivity contribution is 0.102. The second-order valence-corrected chi connectivity index (χ2v) is 6.27. The zero-order valence-corrected chi connectivity index (χ0v) is 13.4. The van der Waals surface area contributed by atoms with Crippen LogP contribution in [0.3, 0.4) is 0 Å². The SMILES string of the molecule is Cc1cc(C)nc(SCC(=O)c2ccc(Cl)c(Cl)c2)c1. The lowest BCUT2D eigenvalue weighted by Crippen LogP contribution is -2.02. The van der Waals surface area contributed by atoms with Gasteiger partial charge in [0.25, 0.3) is 0 Å². The van der Waals surface area contributed by atoms with Crippen molar-refractivity contribution in [2.45, 2.75) is 18.9 Å². The average molecular weight is 326 g/mol. The molecule has 0 fully saturated rings. The summed E-state index contributed by atoms with van der Waals surface area (Å²) < 4.78 is 0. The second kappa shape index (κ2) is 6.61. The van der Waals surface area contributed by atoms with Crippen LogP contribution >= 0.6 is 35.0 Å². The third kappa shape index (κ3) is 3.98. The fraction of sp³-hybridized carbons (Fsp3) is 0.200. The van der Waals surface area contributed by atoms with Crippen molar-refractivity contribution in [2.75, 3.05) is 5.75 Å². The Morgan fingerprint density at radius 2 is 1.90 bits per heavy atom. The molecule has 2 aromatic rings. The van der Waals surface area contributed by atoms with E-state index in [0.717, 1.165) is 16.3 Å².